The highest BCUT2D eigenvalue weighted by atomic mass is 16.2. The average molecular weight is 253 g/mol. The Morgan fingerprint density at radius 3 is 2.17 bits per heavy atom. The van der Waals surface area contributed by atoms with Crippen molar-refractivity contribution in [2.45, 2.75) is 44.2 Å². The molecule has 18 heavy (non-hydrogen) atoms. The standard InChI is InChI=1S/C12H23N5O/c13-11(14)8-17-6-4-10(5-7-17)16-12(18)15-9-2-1-3-9/h9-10H,1-8H2,(H3,13,14)(H2,15,16,18). The summed E-state index contributed by atoms with van der Waals surface area (Å²) in [4.78, 5) is 13.8. The fraction of sp³-hybridized carbons (Fsp3) is 0.833. The van der Waals surface area contributed by atoms with Crippen molar-refractivity contribution < 1.29 is 4.79 Å². The molecule has 0 radical (unpaired) electrons. The molecule has 2 rings (SSSR count). The highest BCUT2D eigenvalue weighted by molar-refractivity contribution is 5.79. The molecule has 1 aliphatic heterocycles. The van der Waals surface area contributed by atoms with Crippen LogP contribution >= 0.6 is 0 Å². The zero-order valence-electron chi connectivity index (χ0n) is 10.7. The van der Waals surface area contributed by atoms with Gasteiger partial charge in [0.05, 0.1) is 6.54 Å². The van der Waals surface area contributed by atoms with E-state index in [0.717, 1.165) is 38.8 Å². The van der Waals surface area contributed by atoms with Crippen LogP contribution in [0.25, 0.3) is 0 Å². The molecular weight excluding hydrogens is 230 g/mol. The quantitative estimate of drug-likeness (QED) is 0.427. The van der Waals surface area contributed by atoms with Crippen molar-refractivity contribution in [3.8, 4) is 0 Å². The van der Waals surface area contributed by atoms with Crippen LogP contribution in [0.2, 0.25) is 0 Å². The second-order valence-corrected chi connectivity index (χ2v) is 5.32. The Kier molecular flexibility index (Phi) is 4.41. The number of hydrogen-bond acceptors (Lipinski definition) is 3. The number of nitrogens with one attached hydrogen (secondary N) is 3. The summed E-state index contributed by atoms with van der Waals surface area (Å²) >= 11 is 0. The molecule has 0 bridgehead atoms. The zero-order valence-corrected chi connectivity index (χ0v) is 10.7. The number of nitrogens with zero attached hydrogens (tertiary/aromatic N) is 1. The van der Waals surface area contributed by atoms with Gasteiger partial charge in [0.25, 0.3) is 0 Å². The molecular formula is C12H23N5O. The summed E-state index contributed by atoms with van der Waals surface area (Å²) in [7, 11) is 0. The van der Waals surface area contributed by atoms with Gasteiger partial charge < -0.3 is 16.4 Å². The van der Waals surface area contributed by atoms with Gasteiger partial charge in [0.2, 0.25) is 0 Å². The van der Waals surface area contributed by atoms with Crippen molar-refractivity contribution >= 4 is 11.9 Å². The molecule has 2 fully saturated rings. The van der Waals surface area contributed by atoms with Crippen molar-refractivity contribution in [2.24, 2.45) is 5.73 Å². The van der Waals surface area contributed by atoms with Gasteiger partial charge in [0.1, 0.15) is 5.84 Å². The van der Waals surface area contributed by atoms with Crippen LogP contribution in [-0.4, -0.2) is 48.5 Å². The van der Waals surface area contributed by atoms with E-state index in [1.165, 1.54) is 6.42 Å². The summed E-state index contributed by atoms with van der Waals surface area (Å²) in [5.74, 6) is 0.212. The van der Waals surface area contributed by atoms with Crippen LogP contribution < -0.4 is 16.4 Å². The van der Waals surface area contributed by atoms with E-state index >= 15 is 0 Å². The first-order valence-corrected chi connectivity index (χ1v) is 6.76. The van der Waals surface area contributed by atoms with Gasteiger partial charge in [-0.1, -0.05) is 0 Å². The van der Waals surface area contributed by atoms with Crippen LogP contribution in [0, 0.1) is 5.41 Å². The minimum atomic E-state index is -0.0234. The van der Waals surface area contributed by atoms with E-state index < -0.39 is 0 Å². The van der Waals surface area contributed by atoms with E-state index in [9.17, 15) is 4.79 Å². The highest BCUT2D eigenvalue weighted by Crippen LogP contribution is 2.18. The lowest BCUT2D eigenvalue weighted by molar-refractivity contribution is 0.200. The lowest BCUT2D eigenvalue weighted by Crippen LogP contribution is -2.51. The first-order chi connectivity index (χ1) is 8.63. The van der Waals surface area contributed by atoms with Crippen molar-refractivity contribution in [3.05, 3.63) is 0 Å². The van der Waals surface area contributed by atoms with E-state index in [2.05, 4.69) is 15.5 Å². The number of likely N-dealkylation sites (tertiary alicyclic amines) is 1. The van der Waals surface area contributed by atoms with Crippen LogP contribution in [0.4, 0.5) is 4.79 Å². The molecule has 5 N–H and O–H groups in total. The molecule has 6 nitrogen and oxygen atoms in total. The minimum Gasteiger partial charge on any atom is -0.387 e. The number of amidine groups is 1. The van der Waals surface area contributed by atoms with Gasteiger partial charge in [-0.05, 0) is 32.1 Å². The van der Waals surface area contributed by atoms with Gasteiger partial charge >= 0.3 is 6.03 Å². The Morgan fingerprint density at radius 1 is 1.17 bits per heavy atom. The molecule has 0 aromatic heterocycles. The van der Waals surface area contributed by atoms with Crippen molar-refractivity contribution in [1.82, 2.24) is 15.5 Å². The number of nitrogens with two attached hydrogens (primary N) is 1. The summed E-state index contributed by atoms with van der Waals surface area (Å²) in [5.41, 5.74) is 5.38. The molecule has 102 valence electrons. The Bertz CT molecular complexity index is 308. The van der Waals surface area contributed by atoms with Gasteiger partial charge in [-0.2, -0.15) is 0 Å². The normalized spacial score (nSPS) is 22.2. The second kappa shape index (κ2) is 6.04. The molecule has 2 aliphatic rings. The van der Waals surface area contributed by atoms with Crippen molar-refractivity contribution in [3.63, 3.8) is 0 Å². The van der Waals surface area contributed by atoms with Gasteiger partial charge in [-0.15, -0.1) is 0 Å². The number of piperidine rings is 1. The molecule has 0 aromatic carbocycles. The van der Waals surface area contributed by atoms with Gasteiger partial charge in [-0.25, -0.2) is 4.79 Å². The molecule has 6 heteroatoms. The summed E-state index contributed by atoms with van der Waals surface area (Å²) < 4.78 is 0. The molecule has 0 spiro atoms. The topological polar surface area (TPSA) is 94.2 Å². The first-order valence-electron chi connectivity index (χ1n) is 6.76. The van der Waals surface area contributed by atoms with Crippen LogP contribution in [0.15, 0.2) is 0 Å². The minimum absolute atomic E-state index is 0.0234. The number of rotatable bonds is 4. The van der Waals surface area contributed by atoms with Gasteiger partial charge in [-0.3, -0.25) is 10.3 Å². The molecule has 0 aromatic rings. The fourth-order valence-corrected chi connectivity index (χ4v) is 2.44. The van der Waals surface area contributed by atoms with E-state index in [1.54, 1.807) is 0 Å². The SMILES string of the molecule is N=C(N)CN1CCC(NC(=O)NC2CCC2)CC1. The van der Waals surface area contributed by atoms with Crippen LogP contribution in [0.1, 0.15) is 32.1 Å². The van der Waals surface area contributed by atoms with Crippen molar-refractivity contribution in [1.29, 1.82) is 5.41 Å². The fourth-order valence-electron chi connectivity index (χ4n) is 2.44. The zero-order chi connectivity index (χ0) is 13.0. The summed E-state index contributed by atoms with van der Waals surface area (Å²) in [6.45, 7) is 2.34. The third-order valence-corrected chi connectivity index (χ3v) is 3.76. The Morgan fingerprint density at radius 2 is 1.72 bits per heavy atom. The highest BCUT2D eigenvalue weighted by Gasteiger charge is 2.23. The summed E-state index contributed by atoms with van der Waals surface area (Å²) in [6, 6.07) is 0.626. The molecule has 1 saturated heterocycles. The molecule has 0 atom stereocenters. The van der Waals surface area contributed by atoms with Crippen LogP contribution in [-0.2, 0) is 0 Å². The largest absolute Gasteiger partial charge is 0.387 e. The van der Waals surface area contributed by atoms with E-state index in [4.69, 9.17) is 11.1 Å². The third-order valence-electron chi connectivity index (χ3n) is 3.76. The maximum absolute atomic E-state index is 11.7. The molecule has 2 amide bonds. The lowest BCUT2D eigenvalue weighted by Gasteiger charge is -2.33. The first kappa shape index (κ1) is 13.1. The van der Waals surface area contributed by atoms with Gasteiger partial charge in [0.15, 0.2) is 0 Å². The molecule has 0 unspecified atom stereocenters. The Balaban J connectivity index is 1.63. The maximum Gasteiger partial charge on any atom is 0.315 e. The van der Waals surface area contributed by atoms with E-state index in [-0.39, 0.29) is 17.9 Å². The monoisotopic (exact) mass is 253 g/mol. The summed E-state index contributed by atoms with van der Waals surface area (Å²) in [5, 5.41) is 13.3. The number of hydrogen-bond donors (Lipinski definition) is 4. The second-order valence-electron chi connectivity index (χ2n) is 5.32. The number of carbonyl (C=O) groups is 1. The average Bonchev–Trinajstić information content (AvgIpc) is 2.26. The Labute approximate surface area is 108 Å². The maximum atomic E-state index is 11.7. The lowest BCUT2D eigenvalue weighted by atomic mass is 9.93. The van der Waals surface area contributed by atoms with Crippen LogP contribution in [0.3, 0.4) is 0 Å². The smallest absolute Gasteiger partial charge is 0.315 e. The number of amides is 2. The third kappa shape index (κ3) is 3.87. The van der Waals surface area contributed by atoms with Crippen LogP contribution in [0.5, 0.6) is 0 Å². The molecule has 1 aliphatic carbocycles. The summed E-state index contributed by atoms with van der Waals surface area (Å²) in [6.07, 6.45) is 5.33. The molecule has 1 heterocycles. The predicted molar refractivity (Wildman–Crippen MR) is 70.7 cm³/mol. The predicted octanol–water partition coefficient (Wildman–Crippen LogP) is 0.238. The van der Waals surface area contributed by atoms with Gasteiger partial charge in [0, 0.05) is 25.2 Å². The van der Waals surface area contributed by atoms with E-state index in [1.807, 2.05) is 0 Å². The Hall–Kier alpha value is -1.30. The van der Waals surface area contributed by atoms with Crippen molar-refractivity contribution in [2.75, 3.05) is 19.6 Å². The molecule has 1 saturated carbocycles. The number of carbonyl (C=O) groups excluding carboxylic acids is 1. The number of urea groups is 1. The van der Waals surface area contributed by atoms with E-state index in [0.29, 0.717) is 12.6 Å².